The SMILES string of the molecule is CCOC(=O)CC(C)=O.CNC.CNC. The first kappa shape index (κ1) is 19.6. The largest absolute Gasteiger partial charge is 0.466 e. The lowest BCUT2D eigenvalue weighted by molar-refractivity contribution is -0.145. The summed E-state index contributed by atoms with van der Waals surface area (Å²) in [6.45, 7) is 3.40. The van der Waals surface area contributed by atoms with Gasteiger partial charge in [0.25, 0.3) is 0 Å². The van der Waals surface area contributed by atoms with Crippen LogP contribution < -0.4 is 10.6 Å². The Hall–Kier alpha value is -0.940. The van der Waals surface area contributed by atoms with Gasteiger partial charge in [0.2, 0.25) is 0 Å². The summed E-state index contributed by atoms with van der Waals surface area (Å²) < 4.78 is 4.49. The summed E-state index contributed by atoms with van der Waals surface area (Å²) in [7, 11) is 7.50. The van der Waals surface area contributed by atoms with E-state index in [0.29, 0.717) is 6.61 Å². The number of carbonyl (C=O) groups is 2. The number of carbonyl (C=O) groups excluding carboxylic acids is 2. The summed E-state index contributed by atoms with van der Waals surface area (Å²) in [5, 5.41) is 5.50. The van der Waals surface area contributed by atoms with Crippen LogP contribution in [0.2, 0.25) is 0 Å². The lowest BCUT2D eigenvalue weighted by Crippen LogP contribution is -2.07. The number of esters is 1. The second kappa shape index (κ2) is 18.8. The van der Waals surface area contributed by atoms with E-state index in [0.717, 1.165) is 0 Å². The van der Waals surface area contributed by atoms with Crippen molar-refractivity contribution in [2.45, 2.75) is 20.3 Å². The number of Topliss-reactive ketones (excluding diaryl/α,β-unsaturated/α-hetero) is 1. The van der Waals surface area contributed by atoms with Crippen LogP contribution in [0.4, 0.5) is 0 Å². The molecule has 92 valence electrons. The summed E-state index contributed by atoms with van der Waals surface area (Å²) in [5.41, 5.74) is 0. The molecule has 0 aliphatic heterocycles. The van der Waals surface area contributed by atoms with Crippen LogP contribution in [-0.4, -0.2) is 46.6 Å². The van der Waals surface area contributed by atoms with E-state index in [2.05, 4.69) is 15.4 Å². The number of hydrogen-bond acceptors (Lipinski definition) is 5. The number of hydrogen-bond donors (Lipinski definition) is 2. The van der Waals surface area contributed by atoms with Gasteiger partial charge >= 0.3 is 5.97 Å². The van der Waals surface area contributed by atoms with Crippen LogP contribution in [0.15, 0.2) is 0 Å². The lowest BCUT2D eigenvalue weighted by Gasteiger charge is -1.96. The molecule has 0 aliphatic rings. The van der Waals surface area contributed by atoms with Gasteiger partial charge in [0.05, 0.1) is 6.61 Å². The molecule has 0 unspecified atom stereocenters. The van der Waals surface area contributed by atoms with E-state index in [1.807, 2.05) is 28.2 Å². The van der Waals surface area contributed by atoms with Crippen molar-refractivity contribution in [3.8, 4) is 0 Å². The molecule has 0 rings (SSSR count). The summed E-state index contributed by atoms with van der Waals surface area (Å²) in [4.78, 5) is 20.6. The molecular weight excluding hydrogens is 196 g/mol. The Labute approximate surface area is 92.6 Å². The molecule has 0 saturated carbocycles. The van der Waals surface area contributed by atoms with Crippen molar-refractivity contribution in [3.05, 3.63) is 0 Å². The van der Waals surface area contributed by atoms with Crippen LogP contribution in [-0.2, 0) is 14.3 Å². The first-order valence-electron chi connectivity index (χ1n) is 4.82. The molecule has 0 saturated heterocycles. The van der Waals surface area contributed by atoms with Gasteiger partial charge in [-0.05, 0) is 42.0 Å². The zero-order chi connectivity index (χ0) is 12.7. The number of rotatable bonds is 3. The maximum absolute atomic E-state index is 10.4. The molecule has 0 aromatic carbocycles. The third-order valence-electron chi connectivity index (χ3n) is 0.699. The fourth-order valence-corrected chi connectivity index (χ4v) is 0.415. The van der Waals surface area contributed by atoms with Crippen LogP contribution in [0.1, 0.15) is 20.3 Å². The van der Waals surface area contributed by atoms with E-state index >= 15 is 0 Å². The Morgan fingerprint density at radius 3 is 1.60 bits per heavy atom. The molecule has 0 aliphatic carbocycles. The fourth-order valence-electron chi connectivity index (χ4n) is 0.415. The Kier molecular flexibility index (Phi) is 24.5. The monoisotopic (exact) mass is 220 g/mol. The van der Waals surface area contributed by atoms with Crippen LogP contribution >= 0.6 is 0 Å². The second-order valence-electron chi connectivity index (χ2n) is 2.68. The third kappa shape index (κ3) is 43.5. The molecule has 0 radical (unpaired) electrons. The van der Waals surface area contributed by atoms with Crippen LogP contribution in [0.5, 0.6) is 0 Å². The van der Waals surface area contributed by atoms with Gasteiger partial charge in [-0.1, -0.05) is 0 Å². The topological polar surface area (TPSA) is 67.4 Å². The molecule has 5 heteroatoms. The van der Waals surface area contributed by atoms with Crippen molar-refractivity contribution in [2.24, 2.45) is 0 Å². The van der Waals surface area contributed by atoms with E-state index in [1.54, 1.807) is 6.92 Å². The Morgan fingerprint density at radius 2 is 1.40 bits per heavy atom. The van der Waals surface area contributed by atoms with Gasteiger partial charge < -0.3 is 15.4 Å². The Balaban J connectivity index is -0.000000200. The Morgan fingerprint density at radius 1 is 1.07 bits per heavy atom. The van der Waals surface area contributed by atoms with Gasteiger partial charge in [-0.2, -0.15) is 0 Å². The first-order chi connectivity index (χ1) is 6.99. The van der Waals surface area contributed by atoms with Gasteiger partial charge in [0.15, 0.2) is 0 Å². The van der Waals surface area contributed by atoms with Crippen molar-refractivity contribution in [1.29, 1.82) is 0 Å². The molecule has 0 spiro atoms. The second-order valence-corrected chi connectivity index (χ2v) is 2.68. The van der Waals surface area contributed by atoms with Gasteiger partial charge in [0, 0.05) is 0 Å². The van der Waals surface area contributed by atoms with E-state index < -0.39 is 5.97 Å². The van der Waals surface area contributed by atoms with Crippen molar-refractivity contribution >= 4 is 11.8 Å². The predicted molar refractivity (Wildman–Crippen MR) is 61.9 cm³/mol. The van der Waals surface area contributed by atoms with Crippen molar-refractivity contribution in [1.82, 2.24) is 10.6 Å². The molecule has 2 N–H and O–H groups in total. The summed E-state index contributed by atoms with van der Waals surface area (Å²) in [6, 6.07) is 0. The highest BCUT2D eigenvalue weighted by atomic mass is 16.5. The quantitative estimate of drug-likeness (QED) is 0.525. The van der Waals surface area contributed by atoms with Gasteiger partial charge in [0.1, 0.15) is 12.2 Å². The third-order valence-corrected chi connectivity index (χ3v) is 0.699. The van der Waals surface area contributed by atoms with Crippen LogP contribution in [0.3, 0.4) is 0 Å². The highest BCUT2D eigenvalue weighted by Crippen LogP contribution is 1.86. The molecule has 0 bridgehead atoms. The highest BCUT2D eigenvalue weighted by molar-refractivity contribution is 5.94. The number of nitrogens with one attached hydrogen (secondary N) is 2. The summed E-state index contributed by atoms with van der Waals surface area (Å²) in [6.07, 6.45) is -0.103. The molecule has 0 amide bonds. The van der Waals surface area contributed by atoms with E-state index in [1.165, 1.54) is 6.92 Å². The molecular formula is C10H24N2O3. The maximum atomic E-state index is 10.4. The van der Waals surface area contributed by atoms with Gasteiger partial charge in [-0.25, -0.2) is 0 Å². The maximum Gasteiger partial charge on any atom is 0.313 e. The zero-order valence-corrected chi connectivity index (χ0v) is 10.6. The first-order valence-corrected chi connectivity index (χ1v) is 4.82. The average molecular weight is 220 g/mol. The molecule has 0 heterocycles. The molecule has 15 heavy (non-hydrogen) atoms. The normalized spacial score (nSPS) is 7.60. The highest BCUT2D eigenvalue weighted by Gasteiger charge is 2.03. The minimum Gasteiger partial charge on any atom is -0.466 e. The van der Waals surface area contributed by atoms with E-state index in [-0.39, 0.29) is 12.2 Å². The molecule has 0 aromatic rings. The standard InChI is InChI=1S/C6H10O3.2C2H7N/c1-3-9-6(8)4-5(2)7;2*1-3-2/h3-4H2,1-2H3;2*3H,1-2H3. The van der Waals surface area contributed by atoms with Crippen molar-refractivity contribution in [3.63, 3.8) is 0 Å². The van der Waals surface area contributed by atoms with Crippen molar-refractivity contribution < 1.29 is 14.3 Å². The van der Waals surface area contributed by atoms with Gasteiger partial charge in [-0.3, -0.25) is 9.59 Å². The smallest absolute Gasteiger partial charge is 0.313 e. The lowest BCUT2D eigenvalue weighted by atomic mass is 10.3. The zero-order valence-electron chi connectivity index (χ0n) is 10.6. The van der Waals surface area contributed by atoms with Crippen LogP contribution in [0, 0.1) is 0 Å². The number of ether oxygens (including phenoxy) is 1. The summed E-state index contributed by atoms with van der Waals surface area (Å²) >= 11 is 0. The Bertz CT molecular complexity index is 148. The minimum absolute atomic E-state index is 0.103. The fraction of sp³-hybridized carbons (Fsp3) is 0.800. The van der Waals surface area contributed by atoms with E-state index in [4.69, 9.17) is 0 Å². The summed E-state index contributed by atoms with van der Waals surface area (Å²) in [5.74, 6) is -0.599. The minimum atomic E-state index is -0.440. The molecule has 5 nitrogen and oxygen atoms in total. The van der Waals surface area contributed by atoms with Gasteiger partial charge in [-0.15, -0.1) is 0 Å². The molecule has 0 atom stereocenters. The molecule has 0 fully saturated rings. The number of ketones is 1. The predicted octanol–water partition coefficient (Wildman–Crippen LogP) is 0.200. The van der Waals surface area contributed by atoms with E-state index in [9.17, 15) is 9.59 Å². The van der Waals surface area contributed by atoms with Crippen LogP contribution in [0.25, 0.3) is 0 Å². The average Bonchev–Trinajstić information content (AvgIpc) is 2.05. The van der Waals surface area contributed by atoms with Crippen molar-refractivity contribution in [2.75, 3.05) is 34.8 Å². The molecule has 0 aromatic heterocycles.